The van der Waals surface area contributed by atoms with Crippen molar-refractivity contribution in [2.45, 2.75) is 31.7 Å². The number of nitrogens with zero attached hydrogens (tertiary/aromatic N) is 2. The van der Waals surface area contributed by atoms with Gasteiger partial charge in [0.15, 0.2) is 11.5 Å². The van der Waals surface area contributed by atoms with Gasteiger partial charge in [0.05, 0.1) is 17.2 Å². The lowest BCUT2D eigenvalue weighted by molar-refractivity contribution is 0.171. The Morgan fingerprint density at radius 1 is 1.12 bits per heavy atom. The molecule has 3 aromatic rings. The highest BCUT2D eigenvalue weighted by atomic mass is 16.6. The monoisotopic (exact) mass is 350 g/mol. The predicted molar refractivity (Wildman–Crippen MR) is 99.8 cm³/mol. The SMILES string of the molecule is CC1CC(c2ncc3[nH]c(-c4ccc5c(c4)OCCO5)cc3n2)CCN1. The number of hydrogen-bond donors (Lipinski definition) is 2. The molecule has 1 saturated heterocycles. The molecule has 1 fully saturated rings. The summed E-state index contributed by atoms with van der Waals surface area (Å²) in [6.45, 7) is 4.45. The third kappa shape index (κ3) is 2.80. The largest absolute Gasteiger partial charge is 0.486 e. The van der Waals surface area contributed by atoms with Crippen LogP contribution in [0.5, 0.6) is 11.5 Å². The van der Waals surface area contributed by atoms with E-state index in [1.807, 2.05) is 24.4 Å². The summed E-state index contributed by atoms with van der Waals surface area (Å²) in [5.74, 6) is 2.99. The van der Waals surface area contributed by atoms with Crippen LogP contribution in [0.15, 0.2) is 30.5 Å². The van der Waals surface area contributed by atoms with Crippen LogP contribution in [0.25, 0.3) is 22.3 Å². The lowest BCUT2D eigenvalue weighted by Gasteiger charge is -2.26. The zero-order valence-electron chi connectivity index (χ0n) is 14.8. The van der Waals surface area contributed by atoms with Crippen LogP contribution in [0.1, 0.15) is 31.5 Å². The van der Waals surface area contributed by atoms with Gasteiger partial charge in [-0.05, 0) is 50.6 Å². The molecule has 2 aliphatic rings. The van der Waals surface area contributed by atoms with E-state index in [2.05, 4.69) is 28.3 Å². The number of aromatic amines is 1. The Bertz CT molecular complexity index is 952. The molecule has 0 amide bonds. The molecule has 6 nitrogen and oxygen atoms in total. The van der Waals surface area contributed by atoms with Gasteiger partial charge in [-0.15, -0.1) is 0 Å². The lowest BCUT2D eigenvalue weighted by atomic mass is 9.92. The van der Waals surface area contributed by atoms with Crippen molar-refractivity contribution in [1.82, 2.24) is 20.3 Å². The second kappa shape index (κ2) is 6.29. The molecule has 0 spiro atoms. The van der Waals surface area contributed by atoms with Crippen LogP contribution in [0.2, 0.25) is 0 Å². The maximum atomic E-state index is 5.70. The van der Waals surface area contributed by atoms with Gasteiger partial charge in [0.25, 0.3) is 0 Å². The van der Waals surface area contributed by atoms with Gasteiger partial charge in [0.2, 0.25) is 0 Å². The number of fused-ring (bicyclic) bond motifs is 2. The fourth-order valence-electron chi connectivity index (χ4n) is 3.86. The quantitative estimate of drug-likeness (QED) is 0.742. The average molecular weight is 350 g/mol. The number of piperidine rings is 1. The van der Waals surface area contributed by atoms with Crippen molar-refractivity contribution in [3.05, 3.63) is 36.3 Å². The van der Waals surface area contributed by atoms with Gasteiger partial charge in [-0.25, -0.2) is 9.97 Å². The zero-order chi connectivity index (χ0) is 17.5. The number of rotatable bonds is 2. The molecule has 0 aliphatic carbocycles. The highest BCUT2D eigenvalue weighted by Crippen LogP contribution is 2.35. The number of aromatic nitrogens is 3. The highest BCUT2D eigenvalue weighted by molar-refractivity contribution is 5.82. The van der Waals surface area contributed by atoms with Crippen molar-refractivity contribution >= 4 is 11.0 Å². The van der Waals surface area contributed by atoms with E-state index in [1.165, 1.54) is 0 Å². The topological polar surface area (TPSA) is 72.1 Å². The van der Waals surface area contributed by atoms with Crippen molar-refractivity contribution in [3.8, 4) is 22.8 Å². The van der Waals surface area contributed by atoms with Gasteiger partial charge in [-0.3, -0.25) is 0 Å². The third-order valence-electron chi connectivity index (χ3n) is 5.23. The van der Waals surface area contributed by atoms with Crippen LogP contribution < -0.4 is 14.8 Å². The van der Waals surface area contributed by atoms with Crippen LogP contribution in [-0.4, -0.2) is 40.8 Å². The Labute approximate surface area is 152 Å². The van der Waals surface area contributed by atoms with Crippen molar-refractivity contribution in [2.24, 2.45) is 0 Å². The number of hydrogen-bond acceptors (Lipinski definition) is 5. The number of benzene rings is 1. The van der Waals surface area contributed by atoms with Gasteiger partial charge in [0, 0.05) is 23.2 Å². The maximum absolute atomic E-state index is 5.70. The molecule has 5 rings (SSSR count). The summed E-state index contributed by atoms with van der Waals surface area (Å²) in [5, 5.41) is 3.49. The van der Waals surface area contributed by atoms with Crippen LogP contribution in [-0.2, 0) is 0 Å². The first-order chi connectivity index (χ1) is 12.8. The smallest absolute Gasteiger partial charge is 0.162 e. The summed E-state index contributed by atoms with van der Waals surface area (Å²) in [5.41, 5.74) is 4.00. The summed E-state index contributed by atoms with van der Waals surface area (Å²) >= 11 is 0. The predicted octanol–water partition coefficient (Wildman–Crippen LogP) is 3.25. The first kappa shape index (κ1) is 15.6. The zero-order valence-corrected chi connectivity index (χ0v) is 14.8. The summed E-state index contributed by atoms with van der Waals surface area (Å²) < 4.78 is 11.3. The van der Waals surface area contributed by atoms with Crippen molar-refractivity contribution < 1.29 is 9.47 Å². The summed E-state index contributed by atoms with van der Waals surface area (Å²) in [4.78, 5) is 12.9. The molecule has 2 unspecified atom stereocenters. The minimum Gasteiger partial charge on any atom is -0.486 e. The fraction of sp³-hybridized carbons (Fsp3) is 0.400. The normalized spacial score (nSPS) is 22.5. The minimum atomic E-state index is 0.434. The molecule has 134 valence electrons. The molecule has 6 heteroatoms. The molecule has 0 saturated carbocycles. The Morgan fingerprint density at radius 3 is 2.88 bits per heavy atom. The molecule has 0 radical (unpaired) electrons. The van der Waals surface area contributed by atoms with E-state index >= 15 is 0 Å². The molecule has 26 heavy (non-hydrogen) atoms. The summed E-state index contributed by atoms with van der Waals surface area (Å²) in [6, 6.07) is 8.63. The third-order valence-corrected chi connectivity index (χ3v) is 5.23. The molecule has 2 aromatic heterocycles. The average Bonchev–Trinajstić information content (AvgIpc) is 3.11. The van der Waals surface area contributed by atoms with E-state index in [0.717, 1.165) is 59.0 Å². The summed E-state index contributed by atoms with van der Waals surface area (Å²) in [6.07, 6.45) is 4.09. The number of ether oxygens (including phenoxy) is 2. The molecular weight excluding hydrogens is 328 g/mol. The minimum absolute atomic E-state index is 0.434. The van der Waals surface area contributed by atoms with Crippen molar-refractivity contribution in [2.75, 3.05) is 19.8 Å². The van der Waals surface area contributed by atoms with E-state index in [9.17, 15) is 0 Å². The van der Waals surface area contributed by atoms with Gasteiger partial charge >= 0.3 is 0 Å². The van der Waals surface area contributed by atoms with Crippen LogP contribution in [0.4, 0.5) is 0 Å². The number of H-pyrrole nitrogens is 1. The fourth-order valence-corrected chi connectivity index (χ4v) is 3.86. The van der Waals surface area contributed by atoms with Crippen molar-refractivity contribution in [1.29, 1.82) is 0 Å². The summed E-state index contributed by atoms with van der Waals surface area (Å²) in [7, 11) is 0. The Morgan fingerprint density at radius 2 is 2.00 bits per heavy atom. The highest BCUT2D eigenvalue weighted by Gasteiger charge is 2.22. The standard InChI is InChI=1S/C20H22N4O2/c1-12-8-14(4-5-21-12)20-22-11-17-16(24-20)10-15(23-17)13-2-3-18-19(9-13)26-7-6-25-18/h2-3,9-12,14,21,23H,4-8H2,1H3. The second-order valence-corrected chi connectivity index (χ2v) is 7.15. The van der Waals surface area contributed by atoms with E-state index in [4.69, 9.17) is 14.5 Å². The molecular formula is C20H22N4O2. The molecule has 2 N–H and O–H groups in total. The van der Waals surface area contributed by atoms with Gasteiger partial charge in [-0.2, -0.15) is 0 Å². The molecule has 2 atom stereocenters. The Hall–Kier alpha value is -2.60. The lowest BCUT2D eigenvalue weighted by Crippen LogP contribution is -2.35. The Balaban J connectivity index is 1.48. The maximum Gasteiger partial charge on any atom is 0.162 e. The molecule has 0 bridgehead atoms. The molecule has 4 heterocycles. The van der Waals surface area contributed by atoms with Crippen LogP contribution >= 0.6 is 0 Å². The number of nitrogens with one attached hydrogen (secondary N) is 2. The second-order valence-electron chi connectivity index (χ2n) is 7.15. The van der Waals surface area contributed by atoms with Gasteiger partial charge < -0.3 is 19.8 Å². The van der Waals surface area contributed by atoms with Crippen LogP contribution in [0, 0.1) is 0 Å². The first-order valence-electron chi connectivity index (χ1n) is 9.25. The first-order valence-corrected chi connectivity index (χ1v) is 9.25. The molecule has 1 aromatic carbocycles. The van der Waals surface area contributed by atoms with Gasteiger partial charge in [-0.1, -0.05) is 0 Å². The Kier molecular flexibility index (Phi) is 3.78. The van der Waals surface area contributed by atoms with Crippen molar-refractivity contribution in [3.63, 3.8) is 0 Å². The van der Waals surface area contributed by atoms with Crippen LogP contribution in [0.3, 0.4) is 0 Å². The van der Waals surface area contributed by atoms with Gasteiger partial charge in [0.1, 0.15) is 19.0 Å². The van der Waals surface area contributed by atoms with E-state index in [0.29, 0.717) is 25.2 Å². The molecule has 2 aliphatic heterocycles. The van der Waals surface area contributed by atoms with E-state index in [-0.39, 0.29) is 0 Å². The van der Waals surface area contributed by atoms with E-state index in [1.54, 1.807) is 0 Å². The van der Waals surface area contributed by atoms with E-state index < -0.39 is 0 Å².